The average Bonchev–Trinajstić information content (AvgIpc) is 2.52. The van der Waals surface area contributed by atoms with Crippen molar-refractivity contribution in [3.8, 4) is 0 Å². The monoisotopic (exact) mass is 305 g/mol. The first-order chi connectivity index (χ1) is 10.6. The van der Waals surface area contributed by atoms with Gasteiger partial charge in [0.15, 0.2) is 5.96 Å². The topological polar surface area (TPSA) is 65.9 Å². The van der Waals surface area contributed by atoms with Gasteiger partial charge >= 0.3 is 0 Å². The minimum absolute atomic E-state index is 0.496. The first-order valence-electron chi connectivity index (χ1n) is 7.99. The number of rotatable bonds is 5. The Morgan fingerprint density at radius 2 is 1.91 bits per heavy atom. The van der Waals surface area contributed by atoms with E-state index >= 15 is 0 Å². The maximum absolute atomic E-state index is 10.5. The molecule has 0 aromatic heterocycles. The Balaban J connectivity index is 1.90. The molecule has 1 aromatic rings. The third-order valence-electron chi connectivity index (χ3n) is 3.89. The van der Waals surface area contributed by atoms with Gasteiger partial charge in [-0.1, -0.05) is 29.8 Å². The largest absolute Gasteiger partial charge is 0.388 e. The van der Waals surface area contributed by atoms with E-state index in [0.717, 1.165) is 12.5 Å². The Morgan fingerprint density at radius 3 is 2.55 bits per heavy atom. The fourth-order valence-corrected chi connectivity index (χ4v) is 2.38. The highest BCUT2D eigenvalue weighted by molar-refractivity contribution is 5.79. The molecule has 1 fully saturated rings. The molecule has 22 heavy (non-hydrogen) atoms. The SMILES string of the molecule is CCNC(=NCc1ccc(C)cc1)NCC1(O)CCOCC1. The van der Waals surface area contributed by atoms with E-state index in [2.05, 4.69) is 46.8 Å². The molecule has 1 aromatic carbocycles. The molecule has 1 aliphatic rings. The molecule has 1 saturated heterocycles. The number of nitrogens with zero attached hydrogens (tertiary/aromatic N) is 1. The number of hydrogen-bond acceptors (Lipinski definition) is 3. The quantitative estimate of drug-likeness (QED) is 0.571. The van der Waals surface area contributed by atoms with Gasteiger partial charge in [-0.05, 0) is 19.4 Å². The highest BCUT2D eigenvalue weighted by Crippen LogP contribution is 2.19. The van der Waals surface area contributed by atoms with Crippen LogP contribution in [-0.2, 0) is 11.3 Å². The summed E-state index contributed by atoms with van der Waals surface area (Å²) in [6.07, 6.45) is 1.33. The molecule has 0 bridgehead atoms. The summed E-state index contributed by atoms with van der Waals surface area (Å²) < 4.78 is 5.30. The summed E-state index contributed by atoms with van der Waals surface area (Å²) >= 11 is 0. The van der Waals surface area contributed by atoms with Crippen molar-refractivity contribution in [3.05, 3.63) is 35.4 Å². The summed E-state index contributed by atoms with van der Waals surface area (Å²) in [5.41, 5.74) is 1.73. The summed E-state index contributed by atoms with van der Waals surface area (Å²) in [5.74, 6) is 0.739. The van der Waals surface area contributed by atoms with Crippen LogP contribution in [0.2, 0.25) is 0 Å². The van der Waals surface area contributed by atoms with Crippen molar-refractivity contribution in [1.29, 1.82) is 0 Å². The fraction of sp³-hybridized carbons (Fsp3) is 0.588. The molecule has 1 heterocycles. The van der Waals surface area contributed by atoms with Gasteiger partial charge in [0.25, 0.3) is 0 Å². The zero-order valence-corrected chi connectivity index (χ0v) is 13.6. The molecule has 0 aliphatic carbocycles. The Labute approximate surface area is 132 Å². The van der Waals surface area contributed by atoms with E-state index in [9.17, 15) is 5.11 Å². The van der Waals surface area contributed by atoms with Crippen molar-refractivity contribution in [2.75, 3.05) is 26.3 Å². The Hall–Kier alpha value is -1.59. The second kappa shape index (κ2) is 8.15. The maximum atomic E-state index is 10.5. The molecule has 0 spiro atoms. The van der Waals surface area contributed by atoms with Gasteiger partial charge in [-0.25, -0.2) is 4.99 Å². The highest BCUT2D eigenvalue weighted by Gasteiger charge is 2.29. The highest BCUT2D eigenvalue weighted by atomic mass is 16.5. The van der Waals surface area contributed by atoms with Crippen LogP contribution in [0.5, 0.6) is 0 Å². The smallest absolute Gasteiger partial charge is 0.191 e. The zero-order chi connectivity index (χ0) is 15.8. The minimum Gasteiger partial charge on any atom is -0.388 e. The number of ether oxygens (including phenoxy) is 1. The van der Waals surface area contributed by atoms with Crippen molar-refractivity contribution in [3.63, 3.8) is 0 Å². The lowest BCUT2D eigenvalue weighted by atomic mass is 9.94. The summed E-state index contributed by atoms with van der Waals surface area (Å²) in [7, 11) is 0. The van der Waals surface area contributed by atoms with Gasteiger partial charge in [-0.15, -0.1) is 0 Å². The molecule has 0 saturated carbocycles. The number of guanidine groups is 1. The van der Waals surface area contributed by atoms with Crippen LogP contribution in [0, 0.1) is 6.92 Å². The van der Waals surface area contributed by atoms with Gasteiger partial charge in [0, 0.05) is 39.1 Å². The number of nitrogens with one attached hydrogen (secondary N) is 2. The predicted octanol–water partition coefficient (Wildman–Crippen LogP) is 1.59. The van der Waals surface area contributed by atoms with Crippen molar-refractivity contribution in [1.82, 2.24) is 10.6 Å². The molecular formula is C17H27N3O2. The number of hydrogen-bond donors (Lipinski definition) is 3. The minimum atomic E-state index is -0.696. The molecule has 0 atom stereocenters. The van der Waals surface area contributed by atoms with E-state index in [1.165, 1.54) is 11.1 Å². The molecule has 0 radical (unpaired) electrons. The third kappa shape index (κ3) is 5.31. The molecule has 1 aliphatic heterocycles. The Morgan fingerprint density at radius 1 is 1.23 bits per heavy atom. The van der Waals surface area contributed by atoms with Crippen LogP contribution >= 0.6 is 0 Å². The van der Waals surface area contributed by atoms with Crippen molar-refractivity contribution >= 4 is 5.96 Å². The summed E-state index contributed by atoms with van der Waals surface area (Å²) in [6.45, 7) is 7.26. The van der Waals surface area contributed by atoms with Crippen LogP contribution in [0.15, 0.2) is 29.3 Å². The molecule has 0 amide bonds. The van der Waals surface area contributed by atoms with Crippen molar-refractivity contribution in [2.45, 2.75) is 38.8 Å². The van der Waals surface area contributed by atoms with Crippen LogP contribution < -0.4 is 10.6 Å². The van der Waals surface area contributed by atoms with Gasteiger partial charge in [0.2, 0.25) is 0 Å². The first-order valence-corrected chi connectivity index (χ1v) is 7.99. The lowest BCUT2D eigenvalue weighted by Gasteiger charge is -2.32. The number of benzene rings is 1. The summed E-state index contributed by atoms with van der Waals surface area (Å²) in [4.78, 5) is 4.58. The van der Waals surface area contributed by atoms with Gasteiger partial charge in [-0.2, -0.15) is 0 Å². The van der Waals surface area contributed by atoms with E-state index < -0.39 is 5.60 Å². The van der Waals surface area contributed by atoms with E-state index in [1.54, 1.807) is 0 Å². The van der Waals surface area contributed by atoms with Crippen LogP contribution in [0.4, 0.5) is 0 Å². The standard InChI is InChI=1S/C17H27N3O2/c1-3-18-16(19-12-15-6-4-14(2)5-7-15)20-13-17(21)8-10-22-11-9-17/h4-7,21H,3,8-13H2,1-2H3,(H2,18,19,20). The van der Waals surface area contributed by atoms with Gasteiger partial charge in [0.1, 0.15) is 0 Å². The van der Waals surface area contributed by atoms with E-state index in [0.29, 0.717) is 39.1 Å². The van der Waals surface area contributed by atoms with Crippen LogP contribution in [-0.4, -0.2) is 43.0 Å². The Kier molecular flexibility index (Phi) is 6.21. The average molecular weight is 305 g/mol. The molecule has 2 rings (SSSR count). The first kappa shape index (κ1) is 16.8. The molecule has 5 nitrogen and oxygen atoms in total. The molecular weight excluding hydrogens is 278 g/mol. The maximum Gasteiger partial charge on any atom is 0.191 e. The summed E-state index contributed by atoms with van der Waals surface area (Å²) in [6, 6.07) is 8.37. The van der Waals surface area contributed by atoms with Gasteiger partial charge in [-0.3, -0.25) is 0 Å². The van der Waals surface area contributed by atoms with E-state index in [4.69, 9.17) is 4.74 Å². The van der Waals surface area contributed by atoms with Crippen LogP contribution in [0.1, 0.15) is 30.9 Å². The number of aliphatic hydroxyl groups is 1. The normalized spacial score (nSPS) is 18.0. The number of aryl methyl sites for hydroxylation is 1. The number of aliphatic imine (C=N–C) groups is 1. The fourth-order valence-electron chi connectivity index (χ4n) is 2.38. The molecule has 122 valence electrons. The van der Waals surface area contributed by atoms with Crippen LogP contribution in [0.25, 0.3) is 0 Å². The molecule has 0 unspecified atom stereocenters. The van der Waals surface area contributed by atoms with E-state index in [1.807, 2.05) is 6.92 Å². The lowest BCUT2D eigenvalue weighted by molar-refractivity contribution is -0.0594. The molecule has 5 heteroatoms. The lowest BCUT2D eigenvalue weighted by Crippen LogP contribution is -2.49. The predicted molar refractivity (Wildman–Crippen MR) is 89.0 cm³/mol. The van der Waals surface area contributed by atoms with E-state index in [-0.39, 0.29) is 0 Å². The second-order valence-corrected chi connectivity index (χ2v) is 5.87. The third-order valence-corrected chi connectivity index (χ3v) is 3.89. The zero-order valence-electron chi connectivity index (χ0n) is 13.6. The Bertz CT molecular complexity index is 479. The summed E-state index contributed by atoms with van der Waals surface area (Å²) in [5, 5.41) is 16.9. The van der Waals surface area contributed by atoms with Crippen LogP contribution in [0.3, 0.4) is 0 Å². The van der Waals surface area contributed by atoms with Crippen molar-refractivity contribution in [2.24, 2.45) is 4.99 Å². The van der Waals surface area contributed by atoms with Gasteiger partial charge < -0.3 is 20.5 Å². The second-order valence-electron chi connectivity index (χ2n) is 5.87. The van der Waals surface area contributed by atoms with Gasteiger partial charge in [0.05, 0.1) is 12.1 Å². The van der Waals surface area contributed by atoms with Crippen molar-refractivity contribution < 1.29 is 9.84 Å². The molecule has 3 N–H and O–H groups in total.